The molecule has 1 aliphatic rings. The highest BCUT2D eigenvalue weighted by Gasteiger charge is 1.95. The molecule has 44 valence electrons. The highest BCUT2D eigenvalue weighted by atomic mass is 127. The maximum atomic E-state index is 4.04. The van der Waals surface area contributed by atoms with Crippen molar-refractivity contribution in [3.05, 3.63) is 11.8 Å². The summed E-state index contributed by atoms with van der Waals surface area (Å²) in [5.41, 5.74) is 1.47. The molecule has 0 fully saturated rings. The number of hydrogen-bond donors (Lipinski definition) is 0. The van der Waals surface area contributed by atoms with Crippen LogP contribution in [0.1, 0.15) is 12.8 Å². The maximum absolute atomic E-state index is 4.04. The average molecular weight is 221 g/mol. The highest BCUT2D eigenvalue weighted by molar-refractivity contribution is 14.1. The van der Waals surface area contributed by atoms with Gasteiger partial charge in [-0.05, 0) is 18.4 Å². The van der Waals surface area contributed by atoms with Gasteiger partial charge in [-0.2, -0.15) is 0 Å². The lowest BCUT2D eigenvalue weighted by atomic mass is 10.2. The Bertz CT molecular complexity index is 126. The van der Waals surface area contributed by atoms with E-state index in [0.717, 1.165) is 10.8 Å². The Morgan fingerprint density at radius 1 is 1.75 bits per heavy atom. The van der Waals surface area contributed by atoms with Crippen molar-refractivity contribution in [2.24, 2.45) is 4.99 Å². The molecule has 1 nitrogen and oxygen atoms in total. The van der Waals surface area contributed by atoms with Gasteiger partial charge in [0, 0.05) is 16.8 Å². The molecule has 0 N–H and O–H groups in total. The maximum Gasteiger partial charge on any atom is 0.0263 e. The number of allylic oxidation sites excluding steroid dienone is 1. The van der Waals surface area contributed by atoms with Crippen molar-refractivity contribution in [2.75, 3.05) is 4.43 Å². The fraction of sp³-hybridized carbons (Fsp3) is 0.500. The molecule has 0 radical (unpaired) electrons. The third kappa shape index (κ3) is 1.58. The van der Waals surface area contributed by atoms with Crippen LogP contribution < -0.4 is 0 Å². The molecule has 0 unspecified atom stereocenters. The SMILES string of the molecule is ICC1=CN=CCC1. The van der Waals surface area contributed by atoms with Crippen LogP contribution in [0.15, 0.2) is 16.8 Å². The van der Waals surface area contributed by atoms with Gasteiger partial charge in [-0.1, -0.05) is 22.6 Å². The predicted octanol–water partition coefficient (Wildman–Crippen LogP) is 2.17. The Balaban J connectivity index is 2.50. The zero-order chi connectivity index (χ0) is 5.82. The zero-order valence-corrected chi connectivity index (χ0v) is 6.76. The van der Waals surface area contributed by atoms with Gasteiger partial charge in [-0.15, -0.1) is 0 Å². The molecule has 1 rings (SSSR count). The molecule has 0 bridgehead atoms. The van der Waals surface area contributed by atoms with Crippen LogP contribution in [0.3, 0.4) is 0 Å². The first-order valence-electron chi connectivity index (χ1n) is 2.69. The number of alkyl halides is 1. The predicted molar refractivity (Wildman–Crippen MR) is 44.7 cm³/mol. The van der Waals surface area contributed by atoms with Crippen molar-refractivity contribution in [1.29, 1.82) is 0 Å². The molecular formula is C6H8IN. The normalized spacial score (nSPS) is 18.4. The Labute approximate surface area is 63.0 Å². The summed E-state index contributed by atoms with van der Waals surface area (Å²) in [6.45, 7) is 0. The van der Waals surface area contributed by atoms with Crippen molar-refractivity contribution >= 4 is 28.8 Å². The number of rotatable bonds is 1. The molecule has 1 heterocycles. The molecule has 0 atom stereocenters. The third-order valence-electron chi connectivity index (χ3n) is 1.13. The van der Waals surface area contributed by atoms with Crippen LogP contribution in [-0.2, 0) is 0 Å². The fourth-order valence-electron chi connectivity index (χ4n) is 0.648. The van der Waals surface area contributed by atoms with E-state index in [9.17, 15) is 0 Å². The van der Waals surface area contributed by atoms with Crippen LogP contribution in [0.25, 0.3) is 0 Å². The van der Waals surface area contributed by atoms with Gasteiger partial charge in [0.1, 0.15) is 0 Å². The minimum Gasteiger partial charge on any atom is -0.269 e. The minimum absolute atomic E-state index is 1.13. The molecule has 0 aromatic heterocycles. The average Bonchev–Trinajstić information content (AvgIpc) is 1.90. The first-order chi connectivity index (χ1) is 3.93. The van der Waals surface area contributed by atoms with Crippen LogP contribution in [-0.4, -0.2) is 10.6 Å². The first kappa shape index (κ1) is 6.26. The van der Waals surface area contributed by atoms with E-state index in [4.69, 9.17) is 0 Å². The molecule has 0 saturated heterocycles. The number of halogens is 1. The third-order valence-corrected chi connectivity index (χ3v) is 2.11. The Morgan fingerprint density at radius 3 is 3.00 bits per heavy atom. The summed E-state index contributed by atoms with van der Waals surface area (Å²) in [5.74, 6) is 0. The lowest BCUT2D eigenvalue weighted by Gasteiger charge is -2.01. The second-order valence-corrected chi connectivity index (χ2v) is 2.55. The molecule has 0 aromatic carbocycles. The largest absolute Gasteiger partial charge is 0.269 e. The molecule has 0 spiro atoms. The lowest BCUT2D eigenvalue weighted by Crippen LogP contribution is -1.89. The van der Waals surface area contributed by atoms with Gasteiger partial charge in [-0.3, -0.25) is 4.99 Å². The molecule has 1 aliphatic heterocycles. The van der Waals surface area contributed by atoms with Gasteiger partial charge in [0.05, 0.1) is 0 Å². The Kier molecular flexibility index (Phi) is 2.52. The molecule has 0 amide bonds. The van der Waals surface area contributed by atoms with Gasteiger partial charge in [0.2, 0.25) is 0 Å². The fourth-order valence-corrected chi connectivity index (χ4v) is 1.23. The quantitative estimate of drug-likeness (QED) is 0.475. The zero-order valence-electron chi connectivity index (χ0n) is 4.60. The summed E-state index contributed by atoms with van der Waals surface area (Å²) in [4.78, 5) is 4.04. The molecule has 0 aromatic rings. The van der Waals surface area contributed by atoms with Crippen LogP contribution in [0.4, 0.5) is 0 Å². The van der Waals surface area contributed by atoms with E-state index >= 15 is 0 Å². The van der Waals surface area contributed by atoms with Gasteiger partial charge in [0.25, 0.3) is 0 Å². The van der Waals surface area contributed by atoms with E-state index in [1.165, 1.54) is 12.0 Å². The van der Waals surface area contributed by atoms with E-state index in [-0.39, 0.29) is 0 Å². The van der Waals surface area contributed by atoms with Crippen molar-refractivity contribution in [3.8, 4) is 0 Å². The summed E-state index contributed by atoms with van der Waals surface area (Å²) in [5, 5.41) is 0. The van der Waals surface area contributed by atoms with E-state index in [2.05, 4.69) is 27.6 Å². The second-order valence-electron chi connectivity index (χ2n) is 1.79. The van der Waals surface area contributed by atoms with Crippen molar-refractivity contribution < 1.29 is 0 Å². The van der Waals surface area contributed by atoms with Crippen molar-refractivity contribution in [2.45, 2.75) is 12.8 Å². The molecular weight excluding hydrogens is 213 g/mol. The minimum atomic E-state index is 1.13. The van der Waals surface area contributed by atoms with Crippen molar-refractivity contribution in [1.82, 2.24) is 0 Å². The van der Waals surface area contributed by atoms with Gasteiger partial charge in [-0.25, -0.2) is 0 Å². The summed E-state index contributed by atoms with van der Waals surface area (Å²) < 4.78 is 1.13. The second kappa shape index (κ2) is 3.22. The van der Waals surface area contributed by atoms with Gasteiger partial charge in [0.15, 0.2) is 0 Å². The molecule has 0 aliphatic carbocycles. The lowest BCUT2D eigenvalue weighted by molar-refractivity contribution is 1.01. The summed E-state index contributed by atoms with van der Waals surface area (Å²) in [6.07, 6.45) is 6.28. The van der Waals surface area contributed by atoms with Crippen LogP contribution >= 0.6 is 22.6 Å². The first-order valence-corrected chi connectivity index (χ1v) is 4.21. The monoisotopic (exact) mass is 221 g/mol. The van der Waals surface area contributed by atoms with E-state index < -0.39 is 0 Å². The standard InChI is InChI=1S/C6H8IN/c7-4-6-2-1-3-8-5-6/h3,5H,1-2,4H2. The van der Waals surface area contributed by atoms with E-state index in [0.29, 0.717) is 0 Å². The molecule has 8 heavy (non-hydrogen) atoms. The summed E-state index contributed by atoms with van der Waals surface area (Å²) in [7, 11) is 0. The Morgan fingerprint density at radius 2 is 2.62 bits per heavy atom. The van der Waals surface area contributed by atoms with Gasteiger partial charge < -0.3 is 0 Å². The summed E-state index contributed by atoms with van der Waals surface area (Å²) in [6, 6.07) is 0. The van der Waals surface area contributed by atoms with E-state index in [1.807, 2.05) is 12.4 Å². The van der Waals surface area contributed by atoms with Crippen LogP contribution in [0.2, 0.25) is 0 Å². The number of hydrogen-bond acceptors (Lipinski definition) is 1. The number of aliphatic imine (C=N–C) groups is 1. The topological polar surface area (TPSA) is 12.4 Å². The highest BCUT2D eigenvalue weighted by Crippen LogP contribution is 2.10. The smallest absolute Gasteiger partial charge is 0.0263 e. The van der Waals surface area contributed by atoms with Gasteiger partial charge >= 0.3 is 0 Å². The number of nitrogens with zero attached hydrogens (tertiary/aromatic N) is 1. The summed E-state index contributed by atoms with van der Waals surface area (Å²) >= 11 is 2.36. The van der Waals surface area contributed by atoms with Crippen LogP contribution in [0, 0.1) is 0 Å². The van der Waals surface area contributed by atoms with E-state index in [1.54, 1.807) is 0 Å². The molecule has 0 saturated carbocycles. The van der Waals surface area contributed by atoms with Crippen LogP contribution in [0.5, 0.6) is 0 Å². The Hall–Kier alpha value is 0.140. The van der Waals surface area contributed by atoms with Crippen molar-refractivity contribution in [3.63, 3.8) is 0 Å². The molecule has 2 heteroatoms.